The van der Waals surface area contributed by atoms with E-state index >= 15 is 0 Å². The van der Waals surface area contributed by atoms with E-state index < -0.39 is 5.97 Å². The summed E-state index contributed by atoms with van der Waals surface area (Å²) in [5.74, 6) is -0.721. The lowest BCUT2D eigenvalue weighted by Crippen LogP contribution is -2.31. The molecule has 3 nitrogen and oxygen atoms in total. The summed E-state index contributed by atoms with van der Waals surface area (Å²) in [7, 11) is 0. The molecule has 23 heavy (non-hydrogen) atoms. The zero-order chi connectivity index (χ0) is 16.2. The molecule has 2 aromatic rings. The fourth-order valence-electron chi connectivity index (χ4n) is 3.23. The summed E-state index contributed by atoms with van der Waals surface area (Å²) >= 11 is 5.91. The monoisotopic (exact) mass is 329 g/mol. The van der Waals surface area contributed by atoms with Crippen molar-refractivity contribution in [3.63, 3.8) is 0 Å². The van der Waals surface area contributed by atoms with E-state index in [1.807, 2.05) is 24.3 Å². The number of halogens is 1. The zero-order valence-corrected chi connectivity index (χ0v) is 13.7. The summed E-state index contributed by atoms with van der Waals surface area (Å²) in [6.07, 6.45) is 3.10. The fraction of sp³-hybridized carbons (Fsp3) is 0.316. The third-order valence-corrected chi connectivity index (χ3v) is 4.63. The largest absolute Gasteiger partial charge is 0.481 e. The minimum Gasteiger partial charge on any atom is -0.481 e. The molecule has 3 rings (SSSR count). The number of benzene rings is 2. The standard InChI is InChI=1S/C19H20ClNO2/c20-16-7-3-14(4-8-16)12-15-5-9-17(10-6-15)21-11-1-2-18(21)13-19(22)23/h3-10,18H,1-2,11-13H2,(H,22,23). The first-order valence-corrected chi connectivity index (χ1v) is 8.31. The Morgan fingerprint density at radius 3 is 2.30 bits per heavy atom. The molecule has 0 bridgehead atoms. The lowest BCUT2D eigenvalue weighted by Gasteiger charge is -2.26. The molecular weight excluding hydrogens is 310 g/mol. The average molecular weight is 330 g/mol. The summed E-state index contributed by atoms with van der Waals surface area (Å²) in [6, 6.07) is 16.5. The lowest BCUT2D eigenvalue weighted by atomic mass is 10.0. The molecular formula is C19H20ClNO2. The summed E-state index contributed by atoms with van der Waals surface area (Å²) in [5.41, 5.74) is 3.59. The first-order chi connectivity index (χ1) is 11.1. The highest BCUT2D eigenvalue weighted by Crippen LogP contribution is 2.28. The van der Waals surface area contributed by atoms with Gasteiger partial charge in [-0.2, -0.15) is 0 Å². The Hall–Kier alpha value is -2.00. The van der Waals surface area contributed by atoms with Crippen LogP contribution in [0.2, 0.25) is 5.02 Å². The van der Waals surface area contributed by atoms with E-state index in [4.69, 9.17) is 16.7 Å². The molecule has 4 heteroatoms. The molecule has 1 fully saturated rings. The second-order valence-electron chi connectivity index (χ2n) is 6.06. The third kappa shape index (κ3) is 4.05. The van der Waals surface area contributed by atoms with Crippen molar-refractivity contribution in [3.8, 4) is 0 Å². The van der Waals surface area contributed by atoms with Crippen molar-refractivity contribution in [3.05, 3.63) is 64.7 Å². The molecule has 1 N–H and O–H groups in total. The van der Waals surface area contributed by atoms with Gasteiger partial charge in [0.05, 0.1) is 6.42 Å². The minimum absolute atomic E-state index is 0.120. The zero-order valence-electron chi connectivity index (χ0n) is 12.9. The van der Waals surface area contributed by atoms with E-state index in [0.717, 1.165) is 36.5 Å². The first-order valence-electron chi connectivity index (χ1n) is 7.93. The Bertz CT molecular complexity index is 667. The van der Waals surface area contributed by atoms with E-state index in [1.54, 1.807) is 0 Å². The molecule has 2 aromatic carbocycles. The van der Waals surface area contributed by atoms with Gasteiger partial charge in [-0.3, -0.25) is 4.79 Å². The predicted molar refractivity (Wildman–Crippen MR) is 93.3 cm³/mol. The highest BCUT2D eigenvalue weighted by molar-refractivity contribution is 6.30. The Kier molecular flexibility index (Phi) is 4.87. The maximum atomic E-state index is 11.0. The number of carbonyl (C=O) groups is 1. The Morgan fingerprint density at radius 1 is 1.09 bits per heavy atom. The van der Waals surface area contributed by atoms with Crippen molar-refractivity contribution in [2.45, 2.75) is 31.7 Å². The number of nitrogens with zero attached hydrogens (tertiary/aromatic N) is 1. The van der Waals surface area contributed by atoms with E-state index in [-0.39, 0.29) is 12.5 Å². The molecule has 0 aromatic heterocycles. The molecule has 1 unspecified atom stereocenters. The highest BCUT2D eigenvalue weighted by Gasteiger charge is 2.26. The van der Waals surface area contributed by atoms with Gasteiger partial charge in [-0.15, -0.1) is 0 Å². The molecule has 1 saturated heterocycles. The van der Waals surface area contributed by atoms with Crippen LogP contribution in [0.15, 0.2) is 48.5 Å². The maximum absolute atomic E-state index is 11.0. The average Bonchev–Trinajstić information content (AvgIpc) is 2.98. The number of carboxylic acid groups (broad SMARTS) is 1. The smallest absolute Gasteiger partial charge is 0.305 e. The van der Waals surface area contributed by atoms with Crippen LogP contribution >= 0.6 is 11.6 Å². The van der Waals surface area contributed by atoms with Crippen LogP contribution in [0.25, 0.3) is 0 Å². The second kappa shape index (κ2) is 7.05. The minimum atomic E-state index is -0.721. The van der Waals surface area contributed by atoms with Gasteiger partial charge in [0.15, 0.2) is 0 Å². The highest BCUT2D eigenvalue weighted by atomic mass is 35.5. The summed E-state index contributed by atoms with van der Waals surface area (Å²) < 4.78 is 0. The van der Waals surface area contributed by atoms with Crippen molar-refractivity contribution in [2.75, 3.05) is 11.4 Å². The molecule has 0 saturated carbocycles. The number of anilines is 1. The summed E-state index contributed by atoms with van der Waals surface area (Å²) in [4.78, 5) is 13.2. The molecule has 1 aliphatic rings. The van der Waals surface area contributed by atoms with E-state index in [2.05, 4.69) is 29.2 Å². The number of hydrogen-bond acceptors (Lipinski definition) is 2. The summed E-state index contributed by atoms with van der Waals surface area (Å²) in [6.45, 7) is 0.939. The normalized spacial score (nSPS) is 17.4. The predicted octanol–water partition coefficient (Wildman–Crippen LogP) is 4.37. The molecule has 120 valence electrons. The maximum Gasteiger partial charge on any atom is 0.305 e. The van der Waals surface area contributed by atoms with Crippen molar-refractivity contribution < 1.29 is 9.90 Å². The molecule has 1 atom stereocenters. The van der Waals surface area contributed by atoms with Crippen LogP contribution in [0.3, 0.4) is 0 Å². The van der Waals surface area contributed by atoms with Gasteiger partial charge in [0.25, 0.3) is 0 Å². The Balaban J connectivity index is 1.69. The second-order valence-corrected chi connectivity index (χ2v) is 6.49. The van der Waals surface area contributed by atoms with Gasteiger partial charge in [0.2, 0.25) is 0 Å². The van der Waals surface area contributed by atoms with E-state index in [1.165, 1.54) is 11.1 Å². The topological polar surface area (TPSA) is 40.5 Å². The molecule has 0 amide bonds. The van der Waals surface area contributed by atoms with Crippen LogP contribution in [0.5, 0.6) is 0 Å². The van der Waals surface area contributed by atoms with Crippen molar-refractivity contribution in [2.24, 2.45) is 0 Å². The van der Waals surface area contributed by atoms with Gasteiger partial charge in [-0.25, -0.2) is 0 Å². The molecule has 0 radical (unpaired) electrons. The molecule has 1 aliphatic heterocycles. The van der Waals surface area contributed by atoms with Crippen molar-refractivity contribution in [1.82, 2.24) is 0 Å². The Labute approximate surface area is 141 Å². The number of carboxylic acids is 1. The van der Waals surface area contributed by atoms with Crippen LogP contribution in [0.1, 0.15) is 30.4 Å². The van der Waals surface area contributed by atoms with E-state index in [0.29, 0.717) is 0 Å². The van der Waals surface area contributed by atoms with Gasteiger partial charge in [-0.05, 0) is 54.7 Å². The van der Waals surface area contributed by atoms with Gasteiger partial charge in [0.1, 0.15) is 0 Å². The van der Waals surface area contributed by atoms with Crippen molar-refractivity contribution in [1.29, 1.82) is 0 Å². The number of aliphatic carboxylic acids is 1. The first kappa shape index (κ1) is 15.9. The van der Waals surface area contributed by atoms with Crippen LogP contribution < -0.4 is 4.90 Å². The fourth-order valence-corrected chi connectivity index (χ4v) is 3.36. The quantitative estimate of drug-likeness (QED) is 0.885. The number of rotatable bonds is 5. The molecule has 0 spiro atoms. The Morgan fingerprint density at radius 2 is 1.70 bits per heavy atom. The summed E-state index contributed by atoms with van der Waals surface area (Å²) in [5, 5.41) is 9.78. The molecule has 0 aliphatic carbocycles. The van der Waals surface area contributed by atoms with Gasteiger partial charge in [0, 0.05) is 23.3 Å². The van der Waals surface area contributed by atoms with Crippen LogP contribution in [-0.4, -0.2) is 23.7 Å². The SMILES string of the molecule is O=C(O)CC1CCCN1c1ccc(Cc2ccc(Cl)cc2)cc1. The lowest BCUT2D eigenvalue weighted by molar-refractivity contribution is -0.137. The van der Waals surface area contributed by atoms with E-state index in [9.17, 15) is 4.79 Å². The van der Waals surface area contributed by atoms with Crippen LogP contribution in [0, 0.1) is 0 Å². The third-order valence-electron chi connectivity index (χ3n) is 4.38. The molecule has 1 heterocycles. The van der Waals surface area contributed by atoms with Crippen LogP contribution in [-0.2, 0) is 11.2 Å². The van der Waals surface area contributed by atoms with Crippen molar-refractivity contribution >= 4 is 23.3 Å². The number of hydrogen-bond donors (Lipinski definition) is 1. The van der Waals surface area contributed by atoms with Gasteiger partial charge >= 0.3 is 5.97 Å². The van der Waals surface area contributed by atoms with Gasteiger partial charge < -0.3 is 10.0 Å². The van der Waals surface area contributed by atoms with Crippen LogP contribution in [0.4, 0.5) is 5.69 Å². The van der Waals surface area contributed by atoms with Gasteiger partial charge in [-0.1, -0.05) is 35.9 Å².